The van der Waals surface area contributed by atoms with Crippen LogP contribution in [0.15, 0.2) is 36.4 Å². The number of carbonyl (C=O) groups excluding carboxylic acids is 2. The molecule has 0 saturated carbocycles. The standard InChI is InChI=1S/C24H28O9/c1-13(25)32-23(15-5-7-19(27)21(9-15)29-3)17-11-31-12-18(17)24(33-14(2)26)16-6-8-20(28)22(10-16)30-4/h5-10,17-18,23-24,27-28H,11-12H2,1-4H3/t17-,18+,23-,24-/m0/s1. The minimum Gasteiger partial charge on any atom is -0.504 e. The first kappa shape index (κ1) is 24.2. The van der Waals surface area contributed by atoms with Gasteiger partial charge in [0, 0.05) is 25.7 Å². The summed E-state index contributed by atoms with van der Waals surface area (Å²) in [7, 11) is 2.85. The van der Waals surface area contributed by atoms with Crippen LogP contribution in [0.1, 0.15) is 37.2 Å². The third kappa shape index (κ3) is 5.48. The molecule has 0 radical (unpaired) electrons. The molecule has 1 heterocycles. The van der Waals surface area contributed by atoms with E-state index in [0.29, 0.717) is 11.1 Å². The van der Waals surface area contributed by atoms with E-state index < -0.39 is 24.1 Å². The second-order valence-electron chi connectivity index (χ2n) is 7.79. The van der Waals surface area contributed by atoms with Crippen molar-refractivity contribution in [1.82, 2.24) is 0 Å². The Bertz CT molecular complexity index is 924. The molecule has 4 atom stereocenters. The predicted molar refractivity (Wildman–Crippen MR) is 116 cm³/mol. The van der Waals surface area contributed by atoms with E-state index in [0.717, 1.165) is 0 Å². The number of methoxy groups -OCH3 is 2. The molecule has 3 rings (SSSR count). The van der Waals surface area contributed by atoms with E-state index in [1.807, 2.05) is 0 Å². The highest BCUT2D eigenvalue weighted by Crippen LogP contribution is 2.45. The number of hydrogen-bond acceptors (Lipinski definition) is 9. The average Bonchev–Trinajstić information content (AvgIpc) is 3.26. The zero-order valence-electron chi connectivity index (χ0n) is 18.9. The summed E-state index contributed by atoms with van der Waals surface area (Å²) in [4.78, 5) is 24.0. The minimum atomic E-state index is -0.749. The molecule has 9 nitrogen and oxygen atoms in total. The van der Waals surface area contributed by atoms with Crippen LogP contribution < -0.4 is 9.47 Å². The molecule has 1 fully saturated rings. The molecule has 0 bridgehead atoms. The number of ether oxygens (including phenoxy) is 5. The average molecular weight is 460 g/mol. The molecule has 1 saturated heterocycles. The van der Waals surface area contributed by atoms with E-state index in [4.69, 9.17) is 23.7 Å². The maximum absolute atomic E-state index is 12.0. The maximum atomic E-state index is 12.0. The predicted octanol–water partition coefficient (Wildman–Crippen LogP) is 3.29. The lowest BCUT2D eigenvalue weighted by atomic mass is 9.81. The van der Waals surface area contributed by atoms with Crippen LogP contribution in [0, 0.1) is 11.8 Å². The van der Waals surface area contributed by atoms with Gasteiger partial charge in [-0.25, -0.2) is 0 Å². The van der Waals surface area contributed by atoms with Crippen molar-refractivity contribution < 1.29 is 43.5 Å². The molecule has 2 N–H and O–H groups in total. The van der Waals surface area contributed by atoms with Crippen molar-refractivity contribution >= 4 is 11.9 Å². The molecule has 178 valence electrons. The summed E-state index contributed by atoms with van der Waals surface area (Å²) in [5, 5.41) is 20.0. The van der Waals surface area contributed by atoms with Crippen molar-refractivity contribution in [2.24, 2.45) is 11.8 Å². The molecule has 0 amide bonds. The fraction of sp³-hybridized carbons (Fsp3) is 0.417. The molecule has 0 unspecified atom stereocenters. The molecular formula is C24H28O9. The number of hydrogen-bond donors (Lipinski definition) is 2. The molecule has 9 heteroatoms. The van der Waals surface area contributed by atoms with Gasteiger partial charge in [-0.15, -0.1) is 0 Å². The van der Waals surface area contributed by atoms with Gasteiger partial charge in [0.2, 0.25) is 0 Å². The van der Waals surface area contributed by atoms with Crippen molar-refractivity contribution in [2.45, 2.75) is 26.1 Å². The fourth-order valence-electron chi connectivity index (χ4n) is 4.12. The molecule has 33 heavy (non-hydrogen) atoms. The second kappa shape index (κ2) is 10.4. The Morgan fingerprint density at radius 2 is 1.21 bits per heavy atom. The summed E-state index contributed by atoms with van der Waals surface area (Å²) >= 11 is 0. The SMILES string of the molecule is COc1cc([C@H](OC(C)=O)[C@@H]2COC[C@@H]2[C@@H](OC(C)=O)c2ccc(O)c(OC)c2)ccc1O. The second-order valence-corrected chi connectivity index (χ2v) is 7.79. The topological polar surface area (TPSA) is 121 Å². The van der Waals surface area contributed by atoms with Gasteiger partial charge in [-0.1, -0.05) is 12.1 Å². The van der Waals surface area contributed by atoms with E-state index >= 15 is 0 Å². The van der Waals surface area contributed by atoms with Gasteiger partial charge < -0.3 is 33.9 Å². The summed E-state index contributed by atoms with van der Waals surface area (Å²) in [5.41, 5.74) is 1.20. The van der Waals surface area contributed by atoms with Gasteiger partial charge in [0.05, 0.1) is 27.4 Å². The number of phenols is 2. The number of esters is 2. The monoisotopic (exact) mass is 460 g/mol. The molecule has 1 aliphatic heterocycles. The molecule has 0 aliphatic carbocycles. The molecular weight excluding hydrogens is 432 g/mol. The van der Waals surface area contributed by atoms with Crippen LogP contribution in [0.4, 0.5) is 0 Å². The van der Waals surface area contributed by atoms with E-state index in [9.17, 15) is 19.8 Å². The Kier molecular flexibility index (Phi) is 7.65. The van der Waals surface area contributed by atoms with Crippen LogP contribution in [0.5, 0.6) is 23.0 Å². The van der Waals surface area contributed by atoms with Gasteiger partial charge >= 0.3 is 11.9 Å². The third-order valence-electron chi connectivity index (χ3n) is 5.60. The fourth-order valence-corrected chi connectivity index (χ4v) is 4.12. The highest BCUT2D eigenvalue weighted by Gasteiger charge is 2.44. The first-order valence-corrected chi connectivity index (χ1v) is 10.4. The molecule has 0 spiro atoms. The third-order valence-corrected chi connectivity index (χ3v) is 5.60. The lowest BCUT2D eigenvalue weighted by Crippen LogP contribution is -2.30. The van der Waals surface area contributed by atoms with Gasteiger partial charge in [0.15, 0.2) is 23.0 Å². The van der Waals surface area contributed by atoms with E-state index in [2.05, 4.69) is 0 Å². The molecule has 0 aromatic heterocycles. The Morgan fingerprint density at radius 1 is 0.818 bits per heavy atom. The van der Waals surface area contributed by atoms with Crippen LogP contribution in [-0.2, 0) is 23.8 Å². The van der Waals surface area contributed by atoms with Crippen molar-refractivity contribution in [1.29, 1.82) is 0 Å². The van der Waals surface area contributed by atoms with Crippen molar-refractivity contribution in [2.75, 3.05) is 27.4 Å². The summed E-state index contributed by atoms with van der Waals surface area (Å²) in [6.07, 6.45) is -1.50. The number of benzene rings is 2. The highest BCUT2D eigenvalue weighted by molar-refractivity contribution is 5.67. The van der Waals surface area contributed by atoms with Gasteiger partial charge in [-0.2, -0.15) is 0 Å². The van der Waals surface area contributed by atoms with Crippen LogP contribution in [0.25, 0.3) is 0 Å². The number of phenolic OH excluding ortho intramolecular Hbond substituents is 2. The van der Waals surface area contributed by atoms with E-state index in [-0.39, 0.29) is 48.0 Å². The quantitative estimate of drug-likeness (QED) is 0.572. The molecule has 2 aromatic carbocycles. The van der Waals surface area contributed by atoms with Crippen molar-refractivity contribution in [3.8, 4) is 23.0 Å². The first-order valence-electron chi connectivity index (χ1n) is 10.4. The van der Waals surface area contributed by atoms with E-state index in [1.165, 1.54) is 40.2 Å². The summed E-state index contributed by atoms with van der Waals surface area (Å²) in [6.45, 7) is 3.12. The summed E-state index contributed by atoms with van der Waals surface area (Å²) in [5.74, 6) is -1.37. The highest BCUT2D eigenvalue weighted by atomic mass is 16.6. The maximum Gasteiger partial charge on any atom is 0.303 e. The number of carbonyl (C=O) groups is 2. The van der Waals surface area contributed by atoms with Crippen molar-refractivity contribution in [3.63, 3.8) is 0 Å². The number of aromatic hydroxyl groups is 2. The largest absolute Gasteiger partial charge is 0.504 e. The Hall–Kier alpha value is -3.46. The van der Waals surface area contributed by atoms with Crippen LogP contribution in [0.2, 0.25) is 0 Å². The van der Waals surface area contributed by atoms with Crippen LogP contribution >= 0.6 is 0 Å². The molecule has 1 aliphatic rings. The smallest absolute Gasteiger partial charge is 0.303 e. The zero-order valence-corrected chi connectivity index (χ0v) is 18.9. The molecule has 2 aromatic rings. The Labute approximate surface area is 191 Å². The van der Waals surface area contributed by atoms with Crippen LogP contribution in [-0.4, -0.2) is 49.6 Å². The summed E-state index contributed by atoms with van der Waals surface area (Å²) in [6, 6.07) is 9.41. The Balaban J connectivity index is 2.03. The first-order chi connectivity index (χ1) is 15.7. The lowest BCUT2D eigenvalue weighted by Gasteiger charge is -2.32. The van der Waals surface area contributed by atoms with Gasteiger partial charge in [0.25, 0.3) is 0 Å². The number of rotatable bonds is 8. The van der Waals surface area contributed by atoms with Gasteiger partial charge in [-0.05, 0) is 35.4 Å². The summed E-state index contributed by atoms with van der Waals surface area (Å²) < 4.78 is 27.5. The minimum absolute atomic E-state index is 0.0453. The zero-order chi connectivity index (χ0) is 24.1. The normalized spacial score (nSPS) is 19.4. The van der Waals surface area contributed by atoms with E-state index in [1.54, 1.807) is 24.3 Å². The Morgan fingerprint density at radius 3 is 1.55 bits per heavy atom. The lowest BCUT2D eigenvalue weighted by molar-refractivity contribution is -0.157. The van der Waals surface area contributed by atoms with Crippen LogP contribution in [0.3, 0.4) is 0 Å². The van der Waals surface area contributed by atoms with Crippen molar-refractivity contribution in [3.05, 3.63) is 47.5 Å². The van der Waals surface area contributed by atoms with Gasteiger partial charge in [0.1, 0.15) is 12.2 Å². The van der Waals surface area contributed by atoms with Gasteiger partial charge in [-0.3, -0.25) is 9.59 Å².